The molecule has 0 aliphatic carbocycles. The van der Waals surface area contributed by atoms with E-state index in [-0.39, 0.29) is 18.1 Å². The molecule has 5 nitrogen and oxygen atoms in total. The molecule has 0 radical (unpaired) electrons. The van der Waals surface area contributed by atoms with Gasteiger partial charge in [-0.3, -0.25) is 9.78 Å². The van der Waals surface area contributed by atoms with Crippen LogP contribution in [-0.2, 0) is 30.6 Å². The number of benzene rings is 2. The van der Waals surface area contributed by atoms with Gasteiger partial charge < -0.3 is 14.7 Å². The number of carbonyl (C=O) groups excluding carboxylic acids is 1. The molecule has 1 aliphatic heterocycles. The lowest BCUT2D eigenvalue weighted by Crippen LogP contribution is -2.34. The molecule has 0 fully saturated rings. The normalized spacial score (nSPS) is 16.9. The number of carbonyl (C=O) groups is 1. The summed E-state index contributed by atoms with van der Waals surface area (Å²) in [5.41, 5.74) is 5.43. The maximum absolute atomic E-state index is 13.0. The van der Waals surface area contributed by atoms with Gasteiger partial charge in [0.1, 0.15) is 11.4 Å². The van der Waals surface area contributed by atoms with E-state index in [1.807, 2.05) is 24.3 Å². The number of amides is 1. The molecule has 2 heterocycles. The average molecular weight is 459 g/mol. The molecule has 0 unspecified atom stereocenters. The minimum Gasteiger partial charge on any atom is -0.487 e. The summed E-state index contributed by atoms with van der Waals surface area (Å²) in [5, 5.41) is 9.45. The third-order valence-electron chi connectivity index (χ3n) is 6.47. The van der Waals surface area contributed by atoms with Crippen molar-refractivity contribution in [2.24, 2.45) is 0 Å². The molecule has 1 N–H and O–H groups in total. The van der Waals surface area contributed by atoms with Gasteiger partial charge in [-0.25, -0.2) is 0 Å². The summed E-state index contributed by atoms with van der Waals surface area (Å²) < 4.78 is 6.37. The van der Waals surface area contributed by atoms with Crippen LogP contribution in [-0.4, -0.2) is 39.7 Å². The molecule has 1 amide bonds. The Morgan fingerprint density at radius 3 is 2.44 bits per heavy atom. The molecule has 0 saturated heterocycles. The highest BCUT2D eigenvalue weighted by Crippen LogP contribution is 2.37. The molecule has 1 aliphatic rings. The van der Waals surface area contributed by atoms with Crippen LogP contribution in [0, 0.1) is 0 Å². The summed E-state index contributed by atoms with van der Waals surface area (Å²) in [5.74, 6) is 1.43. The van der Waals surface area contributed by atoms with Crippen molar-refractivity contribution in [1.29, 1.82) is 0 Å². The predicted molar refractivity (Wildman–Crippen MR) is 134 cm³/mol. The van der Waals surface area contributed by atoms with Crippen LogP contribution in [0.4, 0.5) is 0 Å². The first-order valence-corrected chi connectivity index (χ1v) is 12.0. The molecule has 4 rings (SSSR count). The molecule has 1 aromatic heterocycles. The Hall–Kier alpha value is -3.18. The van der Waals surface area contributed by atoms with Crippen molar-refractivity contribution in [3.63, 3.8) is 0 Å². The number of aromatic nitrogens is 1. The van der Waals surface area contributed by atoms with Gasteiger partial charge in [0.25, 0.3) is 0 Å². The van der Waals surface area contributed by atoms with Gasteiger partial charge in [0.2, 0.25) is 5.91 Å². The maximum Gasteiger partial charge on any atom is 0.227 e. The van der Waals surface area contributed by atoms with Gasteiger partial charge in [0, 0.05) is 38.3 Å². The summed E-state index contributed by atoms with van der Waals surface area (Å²) in [6.07, 6.45) is 5.38. The van der Waals surface area contributed by atoms with E-state index in [4.69, 9.17) is 4.74 Å². The van der Waals surface area contributed by atoms with Gasteiger partial charge in [-0.05, 0) is 58.9 Å². The molecule has 34 heavy (non-hydrogen) atoms. The Labute approximate surface area is 202 Å². The third-order valence-corrected chi connectivity index (χ3v) is 6.47. The lowest BCUT2D eigenvalue weighted by Gasteiger charge is -2.24. The van der Waals surface area contributed by atoms with Crippen LogP contribution in [0.5, 0.6) is 5.75 Å². The number of pyridine rings is 1. The summed E-state index contributed by atoms with van der Waals surface area (Å²) in [7, 11) is 0. The molecule has 3 aromatic rings. The van der Waals surface area contributed by atoms with Crippen LogP contribution >= 0.6 is 0 Å². The quantitative estimate of drug-likeness (QED) is 0.505. The second kappa shape index (κ2) is 10.4. The smallest absolute Gasteiger partial charge is 0.227 e. The minimum atomic E-state index is -0.297. The van der Waals surface area contributed by atoms with Crippen LogP contribution in [0.2, 0.25) is 0 Å². The molecule has 178 valence electrons. The lowest BCUT2D eigenvalue weighted by molar-refractivity contribution is -0.131. The zero-order valence-electron chi connectivity index (χ0n) is 20.3. The van der Waals surface area contributed by atoms with E-state index in [2.05, 4.69) is 56.1 Å². The van der Waals surface area contributed by atoms with E-state index in [0.29, 0.717) is 25.4 Å². The van der Waals surface area contributed by atoms with E-state index in [1.54, 1.807) is 17.3 Å². The molecule has 5 heteroatoms. The topological polar surface area (TPSA) is 62.7 Å². The Kier molecular flexibility index (Phi) is 7.32. The van der Waals surface area contributed by atoms with Gasteiger partial charge in [-0.15, -0.1) is 0 Å². The van der Waals surface area contributed by atoms with Crippen molar-refractivity contribution in [3.05, 3.63) is 94.8 Å². The van der Waals surface area contributed by atoms with Crippen LogP contribution in [0.3, 0.4) is 0 Å². The fourth-order valence-corrected chi connectivity index (χ4v) is 4.64. The van der Waals surface area contributed by atoms with Crippen LogP contribution in [0.1, 0.15) is 54.5 Å². The first kappa shape index (κ1) is 24.0. The Morgan fingerprint density at radius 1 is 1.06 bits per heavy atom. The highest BCUT2D eigenvalue weighted by molar-refractivity contribution is 5.79. The number of hydrogen-bond donors (Lipinski definition) is 1. The predicted octanol–water partition coefficient (Wildman–Crippen LogP) is 4.70. The summed E-state index contributed by atoms with van der Waals surface area (Å²) >= 11 is 0. The Balaban J connectivity index is 1.41. The number of aliphatic hydroxyl groups is 1. The van der Waals surface area contributed by atoms with Gasteiger partial charge in [-0.2, -0.15) is 0 Å². The SMILES string of the molecule is CC(C)c1ccc(C[C@]2(C)Cc3cc(CC(=O)N(CCO)Cc4ccncc4)ccc3O2)cc1. The van der Waals surface area contributed by atoms with Crippen LogP contribution in [0.25, 0.3) is 0 Å². The van der Waals surface area contributed by atoms with E-state index in [1.165, 1.54) is 11.1 Å². The van der Waals surface area contributed by atoms with Gasteiger partial charge in [0.15, 0.2) is 0 Å². The number of rotatable bonds is 9. The van der Waals surface area contributed by atoms with Crippen molar-refractivity contribution in [2.45, 2.75) is 58.1 Å². The summed E-state index contributed by atoms with van der Waals surface area (Å²) in [6, 6.07) is 18.7. The standard InChI is InChI=1S/C29H34N2O3/c1-21(2)25-7-4-22(5-8-25)18-29(3)19-26-16-24(6-9-27(26)34-29)17-28(33)31(14-15-32)20-23-10-12-30-13-11-23/h4-13,16,21,32H,14-15,17-20H2,1-3H3/t29-/m1/s1. The third kappa shape index (κ3) is 5.84. The van der Waals surface area contributed by atoms with Crippen molar-refractivity contribution in [2.75, 3.05) is 13.2 Å². The molecule has 0 spiro atoms. The van der Waals surface area contributed by atoms with E-state index >= 15 is 0 Å². The highest BCUT2D eigenvalue weighted by atomic mass is 16.5. The number of fused-ring (bicyclic) bond motifs is 1. The summed E-state index contributed by atoms with van der Waals surface area (Å²) in [6.45, 7) is 7.28. The van der Waals surface area contributed by atoms with E-state index < -0.39 is 0 Å². The fourth-order valence-electron chi connectivity index (χ4n) is 4.64. The lowest BCUT2D eigenvalue weighted by atomic mass is 9.90. The Bertz CT molecular complexity index is 1110. The molecular formula is C29H34N2O3. The molecule has 0 saturated carbocycles. The van der Waals surface area contributed by atoms with Crippen molar-refractivity contribution in [1.82, 2.24) is 9.88 Å². The van der Waals surface area contributed by atoms with E-state index in [9.17, 15) is 9.90 Å². The number of hydrogen-bond acceptors (Lipinski definition) is 4. The number of ether oxygens (including phenoxy) is 1. The van der Waals surface area contributed by atoms with Gasteiger partial charge in [-0.1, -0.05) is 50.2 Å². The average Bonchev–Trinajstić information content (AvgIpc) is 3.14. The first-order valence-electron chi connectivity index (χ1n) is 12.0. The fraction of sp³-hybridized carbons (Fsp3) is 0.379. The summed E-state index contributed by atoms with van der Waals surface area (Å²) in [4.78, 5) is 18.7. The van der Waals surface area contributed by atoms with Gasteiger partial charge in [0.05, 0.1) is 13.0 Å². The number of nitrogens with zero attached hydrogens (tertiary/aromatic N) is 2. The largest absolute Gasteiger partial charge is 0.487 e. The zero-order valence-corrected chi connectivity index (χ0v) is 20.3. The van der Waals surface area contributed by atoms with Crippen LogP contribution in [0.15, 0.2) is 67.0 Å². The zero-order chi connectivity index (χ0) is 24.1. The first-order chi connectivity index (χ1) is 16.3. The van der Waals surface area contributed by atoms with Crippen molar-refractivity contribution >= 4 is 5.91 Å². The molecule has 0 bridgehead atoms. The minimum absolute atomic E-state index is 0.00210. The molecule has 1 atom stereocenters. The molecular weight excluding hydrogens is 424 g/mol. The Morgan fingerprint density at radius 2 is 1.76 bits per heavy atom. The highest BCUT2D eigenvalue weighted by Gasteiger charge is 2.35. The van der Waals surface area contributed by atoms with Crippen molar-refractivity contribution < 1.29 is 14.6 Å². The maximum atomic E-state index is 13.0. The number of aliphatic hydroxyl groups excluding tert-OH is 1. The second-order valence-electron chi connectivity index (χ2n) is 9.82. The van der Waals surface area contributed by atoms with Crippen molar-refractivity contribution in [3.8, 4) is 5.75 Å². The van der Waals surface area contributed by atoms with Gasteiger partial charge >= 0.3 is 0 Å². The monoisotopic (exact) mass is 458 g/mol. The second-order valence-corrected chi connectivity index (χ2v) is 9.82. The van der Waals surface area contributed by atoms with E-state index in [0.717, 1.165) is 35.3 Å². The van der Waals surface area contributed by atoms with Crippen LogP contribution < -0.4 is 4.74 Å². The molecule has 2 aromatic carbocycles.